The van der Waals surface area contributed by atoms with Crippen LogP contribution in [0.15, 0.2) is 55.6 Å². The van der Waals surface area contributed by atoms with Gasteiger partial charge in [-0.1, -0.05) is 69.7 Å². The molecule has 0 radical (unpaired) electrons. The lowest BCUT2D eigenvalue weighted by Crippen LogP contribution is -2.59. The average molecular weight is 580 g/mol. The third-order valence-corrected chi connectivity index (χ3v) is 9.38. The Morgan fingerprint density at radius 3 is 2.38 bits per heavy atom. The van der Waals surface area contributed by atoms with Gasteiger partial charge in [-0.05, 0) is 44.1 Å². The Bertz CT molecular complexity index is 1160. The number of nitrogens with zero attached hydrogens (tertiary/aromatic N) is 3. The molecule has 8 heteroatoms. The molecular formula is C34H49N3O5. The van der Waals surface area contributed by atoms with Crippen molar-refractivity contribution in [2.75, 3.05) is 26.2 Å². The molecule has 1 aromatic carbocycles. The van der Waals surface area contributed by atoms with E-state index in [0.29, 0.717) is 45.4 Å². The van der Waals surface area contributed by atoms with Gasteiger partial charge in [-0.15, -0.1) is 13.2 Å². The zero-order valence-electron chi connectivity index (χ0n) is 25.8. The molecule has 0 saturated carbocycles. The maximum atomic E-state index is 14.6. The Kier molecular flexibility index (Phi) is 9.99. The summed E-state index contributed by atoms with van der Waals surface area (Å²) in [4.78, 5) is 48.7. The van der Waals surface area contributed by atoms with Crippen LogP contribution in [0.5, 0.6) is 0 Å². The minimum absolute atomic E-state index is 0.160. The second-order valence-electron chi connectivity index (χ2n) is 12.9. The molecule has 6 atom stereocenters. The molecule has 2 unspecified atom stereocenters. The van der Waals surface area contributed by atoms with Crippen molar-refractivity contribution in [3.05, 3.63) is 61.2 Å². The molecule has 42 heavy (non-hydrogen) atoms. The molecule has 1 spiro atoms. The molecule has 1 aromatic rings. The molecule has 0 aromatic heterocycles. The lowest BCUT2D eigenvalue weighted by Gasteiger charge is -2.40. The summed E-state index contributed by atoms with van der Waals surface area (Å²) < 4.78 is 6.86. The molecule has 8 nitrogen and oxygen atoms in total. The molecule has 230 valence electrons. The van der Waals surface area contributed by atoms with Crippen LogP contribution in [0.2, 0.25) is 0 Å². The largest absolute Gasteiger partial charge is 0.394 e. The van der Waals surface area contributed by atoms with Crippen LogP contribution in [0.3, 0.4) is 0 Å². The van der Waals surface area contributed by atoms with Gasteiger partial charge in [-0.3, -0.25) is 14.4 Å². The molecule has 3 heterocycles. The van der Waals surface area contributed by atoms with Gasteiger partial charge in [-0.25, -0.2) is 0 Å². The Labute approximate surface area is 251 Å². The summed E-state index contributed by atoms with van der Waals surface area (Å²) in [6.45, 7) is 17.2. The van der Waals surface area contributed by atoms with E-state index in [-0.39, 0.29) is 30.2 Å². The predicted octanol–water partition coefficient (Wildman–Crippen LogP) is 4.19. The van der Waals surface area contributed by atoms with Crippen LogP contribution < -0.4 is 0 Å². The number of carbonyl (C=O) groups is 3. The van der Waals surface area contributed by atoms with Crippen molar-refractivity contribution in [3.63, 3.8) is 0 Å². The quantitative estimate of drug-likeness (QED) is 0.315. The van der Waals surface area contributed by atoms with E-state index >= 15 is 0 Å². The van der Waals surface area contributed by atoms with Gasteiger partial charge < -0.3 is 24.5 Å². The number of fused-ring (bicyclic) bond motifs is 1. The van der Waals surface area contributed by atoms with Crippen molar-refractivity contribution in [1.29, 1.82) is 0 Å². The monoisotopic (exact) mass is 579 g/mol. The summed E-state index contributed by atoms with van der Waals surface area (Å²) in [5.74, 6) is -1.97. The number of benzene rings is 1. The highest BCUT2D eigenvalue weighted by Gasteiger charge is 2.78. The topological polar surface area (TPSA) is 90.4 Å². The Hall–Kier alpha value is -2.97. The van der Waals surface area contributed by atoms with Crippen molar-refractivity contribution in [2.24, 2.45) is 17.8 Å². The Morgan fingerprint density at radius 2 is 1.79 bits per heavy atom. The number of hydrogen-bond acceptors (Lipinski definition) is 5. The smallest absolute Gasteiger partial charge is 0.248 e. The fraction of sp³-hybridized carbons (Fsp3) is 0.618. The molecule has 3 aliphatic heterocycles. The molecular weight excluding hydrogens is 530 g/mol. The fourth-order valence-electron chi connectivity index (χ4n) is 7.59. The van der Waals surface area contributed by atoms with Crippen molar-refractivity contribution >= 4 is 17.7 Å². The first-order chi connectivity index (χ1) is 20.1. The van der Waals surface area contributed by atoms with Crippen LogP contribution >= 0.6 is 0 Å². The highest BCUT2D eigenvalue weighted by Crippen LogP contribution is 2.64. The summed E-state index contributed by atoms with van der Waals surface area (Å²) >= 11 is 0. The van der Waals surface area contributed by atoms with Gasteiger partial charge in [0.1, 0.15) is 11.6 Å². The molecule has 1 N–H and O–H groups in total. The van der Waals surface area contributed by atoms with E-state index in [9.17, 15) is 19.5 Å². The van der Waals surface area contributed by atoms with Crippen molar-refractivity contribution in [1.82, 2.24) is 14.7 Å². The number of unbranched alkanes of at least 4 members (excludes halogenated alkanes) is 1. The van der Waals surface area contributed by atoms with E-state index in [1.807, 2.05) is 51.1 Å². The van der Waals surface area contributed by atoms with Gasteiger partial charge in [0.25, 0.3) is 0 Å². The predicted molar refractivity (Wildman–Crippen MR) is 163 cm³/mol. The molecule has 3 amide bonds. The van der Waals surface area contributed by atoms with Crippen molar-refractivity contribution in [2.45, 2.75) is 89.6 Å². The highest BCUT2D eigenvalue weighted by molar-refractivity contribution is 5.99. The SMILES string of the molecule is C=CCN(CCCC)C(=O)C1N([C@@H](CO)CC(C)C)C(=O)[C@@H]2[C@H](C(=O)N(CC=C)Cc3ccccc3)[C@]3(C)CCC12O3. The third-order valence-electron chi connectivity index (χ3n) is 9.38. The highest BCUT2D eigenvalue weighted by atomic mass is 16.5. The van der Waals surface area contributed by atoms with Gasteiger partial charge in [0.15, 0.2) is 0 Å². The molecule has 3 saturated heterocycles. The number of rotatable bonds is 15. The summed E-state index contributed by atoms with van der Waals surface area (Å²) in [5, 5.41) is 10.6. The summed E-state index contributed by atoms with van der Waals surface area (Å²) in [6, 6.07) is 8.30. The van der Waals surface area contributed by atoms with E-state index in [2.05, 4.69) is 20.1 Å². The second kappa shape index (κ2) is 13.1. The van der Waals surface area contributed by atoms with E-state index < -0.39 is 35.1 Å². The van der Waals surface area contributed by atoms with Gasteiger partial charge >= 0.3 is 0 Å². The first-order valence-electron chi connectivity index (χ1n) is 15.5. The normalized spacial score (nSPS) is 28.6. The number of ether oxygens (including phenoxy) is 1. The van der Waals surface area contributed by atoms with Gasteiger partial charge in [0, 0.05) is 26.2 Å². The minimum Gasteiger partial charge on any atom is -0.394 e. The number of aliphatic hydroxyl groups excluding tert-OH is 1. The zero-order valence-corrected chi connectivity index (χ0v) is 25.8. The molecule has 3 aliphatic rings. The molecule has 2 bridgehead atoms. The van der Waals surface area contributed by atoms with Gasteiger partial charge in [0.2, 0.25) is 17.7 Å². The number of hydrogen-bond donors (Lipinski definition) is 1. The first kappa shape index (κ1) is 32.0. The number of carbonyl (C=O) groups excluding carboxylic acids is 3. The van der Waals surface area contributed by atoms with Crippen molar-refractivity contribution < 1.29 is 24.2 Å². The van der Waals surface area contributed by atoms with Crippen LogP contribution in [0, 0.1) is 17.8 Å². The zero-order chi connectivity index (χ0) is 30.7. The maximum Gasteiger partial charge on any atom is 0.248 e. The summed E-state index contributed by atoms with van der Waals surface area (Å²) in [5.41, 5.74) is -1.03. The number of likely N-dealkylation sites (tertiary alicyclic amines) is 1. The van der Waals surface area contributed by atoms with Crippen molar-refractivity contribution in [3.8, 4) is 0 Å². The summed E-state index contributed by atoms with van der Waals surface area (Å²) in [6.07, 6.45) is 6.76. The standard InChI is InChI=1S/C34H49N3O5/c1-7-10-20-35(18-8-2)32(41)29-34-17-16-33(6,42-34)27(28(34)31(40)37(29)26(23-38)21-24(4)5)30(39)36(19-9-3)22-25-14-12-11-13-15-25/h8-9,11-15,24,26-29,38H,2-3,7,10,16-23H2,1,4-6H3/t26-,27-,28+,29?,33+,34?/m1/s1. The van der Waals surface area contributed by atoms with Crippen LogP contribution in [-0.4, -0.2) is 87.1 Å². The maximum absolute atomic E-state index is 14.6. The second-order valence-corrected chi connectivity index (χ2v) is 12.9. The third kappa shape index (κ3) is 5.68. The van der Waals surface area contributed by atoms with E-state index in [1.165, 1.54) is 0 Å². The van der Waals surface area contributed by atoms with E-state index in [1.54, 1.807) is 26.9 Å². The fourth-order valence-corrected chi connectivity index (χ4v) is 7.59. The van der Waals surface area contributed by atoms with E-state index in [0.717, 1.165) is 18.4 Å². The lowest BCUT2D eigenvalue weighted by molar-refractivity contribution is -0.157. The summed E-state index contributed by atoms with van der Waals surface area (Å²) in [7, 11) is 0. The van der Waals surface area contributed by atoms with Crippen LogP contribution in [-0.2, 0) is 25.7 Å². The number of aliphatic hydroxyl groups is 1. The Balaban J connectivity index is 1.79. The Morgan fingerprint density at radius 1 is 1.12 bits per heavy atom. The average Bonchev–Trinajstić information content (AvgIpc) is 3.54. The van der Waals surface area contributed by atoms with Crippen LogP contribution in [0.1, 0.15) is 65.4 Å². The molecule has 3 fully saturated rings. The van der Waals surface area contributed by atoms with Gasteiger partial charge in [-0.2, -0.15) is 0 Å². The number of amides is 3. The van der Waals surface area contributed by atoms with Crippen LogP contribution in [0.25, 0.3) is 0 Å². The van der Waals surface area contributed by atoms with Crippen LogP contribution in [0.4, 0.5) is 0 Å². The first-order valence-corrected chi connectivity index (χ1v) is 15.5. The molecule has 4 rings (SSSR count). The lowest BCUT2D eigenvalue weighted by atomic mass is 9.66. The minimum atomic E-state index is -1.13. The van der Waals surface area contributed by atoms with E-state index in [4.69, 9.17) is 4.74 Å². The van der Waals surface area contributed by atoms with Gasteiger partial charge in [0.05, 0.1) is 30.1 Å². The molecule has 0 aliphatic carbocycles.